The SMILES string of the molecule is CCC(=O)Nc1cccc(C(=O)N2CCS(=O)(=O)[C@@H](C)[C@H]2C)c1. The molecule has 1 N–H and O–H groups in total. The first kappa shape index (κ1) is 17.5. The molecule has 1 fully saturated rings. The molecular formula is C16H22N2O4S. The summed E-state index contributed by atoms with van der Waals surface area (Å²) in [4.78, 5) is 25.7. The second kappa shape index (κ2) is 6.70. The number of carbonyl (C=O) groups excluding carboxylic acids is 2. The Bertz CT molecular complexity index is 715. The lowest BCUT2D eigenvalue weighted by molar-refractivity contribution is -0.115. The first-order chi connectivity index (χ1) is 10.8. The van der Waals surface area contributed by atoms with Crippen LogP contribution in [0.2, 0.25) is 0 Å². The van der Waals surface area contributed by atoms with E-state index in [-0.39, 0.29) is 30.2 Å². The van der Waals surface area contributed by atoms with Crippen LogP contribution >= 0.6 is 0 Å². The van der Waals surface area contributed by atoms with E-state index in [2.05, 4.69) is 5.32 Å². The molecule has 126 valence electrons. The van der Waals surface area contributed by atoms with Gasteiger partial charge in [-0.1, -0.05) is 13.0 Å². The molecule has 0 bridgehead atoms. The molecule has 1 heterocycles. The zero-order valence-electron chi connectivity index (χ0n) is 13.6. The van der Waals surface area contributed by atoms with Gasteiger partial charge in [0.1, 0.15) is 0 Å². The van der Waals surface area contributed by atoms with Gasteiger partial charge in [-0.3, -0.25) is 9.59 Å². The van der Waals surface area contributed by atoms with Crippen LogP contribution in [0.15, 0.2) is 24.3 Å². The first-order valence-electron chi connectivity index (χ1n) is 7.68. The number of benzene rings is 1. The molecule has 2 atom stereocenters. The van der Waals surface area contributed by atoms with E-state index >= 15 is 0 Å². The number of carbonyl (C=O) groups is 2. The van der Waals surface area contributed by atoms with Crippen LogP contribution in [0.3, 0.4) is 0 Å². The van der Waals surface area contributed by atoms with Crippen molar-refractivity contribution >= 4 is 27.3 Å². The van der Waals surface area contributed by atoms with Crippen LogP contribution in [0.25, 0.3) is 0 Å². The summed E-state index contributed by atoms with van der Waals surface area (Å²) >= 11 is 0. The maximum absolute atomic E-state index is 12.7. The minimum Gasteiger partial charge on any atom is -0.334 e. The summed E-state index contributed by atoms with van der Waals surface area (Å²) in [6.45, 7) is 5.33. The third-order valence-electron chi connectivity index (χ3n) is 4.33. The van der Waals surface area contributed by atoms with Crippen molar-refractivity contribution in [1.29, 1.82) is 0 Å². The summed E-state index contributed by atoms with van der Waals surface area (Å²) in [5, 5.41) is 2.14. The summed E-state index contributed by atoms with van der Waals surface area (Å²) in [7, 11) is -3.14. The Balaban J connectivity index is 2.21. The second-order valence-electron chi connectivity index (χ2n) is 5.79. The van der Waals surface area contributed by atoms with Crippen molar-refractivity contribution in [3.05, 3.63) is 29.8 Å². The summed E-state index contributed by atoms with van der Waals surface area (Å²) in [5.41, 5.74) is 1.00. The van der Waals surface area contributed by atoms with Crippen molar-refractivity contribution in [2.75, 3.05) is 17.6 Å². The first-order valence-corrected chi connectivity index (χ1v) is 9.40. The van der Waals surface area contributed by atoms with Crippen molar-refractivity contribution in [2.24, 2.45) is 0 Å². The van der Waals surface area contributed by atoms with Gasteiger partial charge in [0, 0.05) is 30.3 Å². The molecule has 2 rings (SSSR count). The fourth-order valence-corrected chi connectivity index (χ4v) is 4.17. The maximum atomic E-state index is 12.7. The molecule has 0 unspecified atom stereocenters. The highest BCUT2D eigenvalue weighted by Crippen LogP contribution is 2.22. The topological polar surface area (TPSA) is 83.6 Å². The Hall–Kier alpha value is -1.89. The van der Waals surface area contributed by atoms with Crippen LogP contribution in [0.4, 0.5) is 5.69 Å². The Kier molecular flexibility index (Phi) is 5.09. The smallest absolute Gasteiger partial charge is 0.254 e. The van der Waals surface area contributed by atoms with Crippen molar-refractivity contribution in [2.45, 2.75) is 38.5 Å². The van der Waals surface area contributed by atoms with E-state index in [0.29, 0.717) is 17.7 Å². The van der Waals surface area contributed by atoms with E-state index in [9.17, 15) is 18.0 Å². The van der Waals surface area contributed by atoms with Crippen LogP contribution in [-0.4, -0.2) is 48.7 Å². The molecule has 7 heteroatoms. The number of hydrogen-bond acceptors (Lipinski definition) is 4. The predicted molar refractivity (Wildman–Crippen MR) is 89.1 cm³/mol. The van der Waals surface area contributed by atoms with E-state index < -0.39 is 15.1 Å². The monoisotopic (exact) mass is 338 g/mol. The maximum Gasteiger partial charge on any atom is 0.254 e. The molecule has 1 saturated heterocycles. The molecule has 1 aliphatic rings. The van der Waals surface area contributed by atoms with Crippen LogP contribution in [0, 0.1) is 0 Å². The summed E-state index contributed by atoms with van der Waals surface area (Å²) in [6.07, 6.45) is 0.358. The van der Waals surface area contributed by atoms with Gasteiger partial charge in [-0.2, -0.15) is 0 Å². The highest BCUT2D eigenvalue weighted by atomic mass is 32.2. The second-order valence-corrected chi connectivity index (χ2v) is 8.27. The molecule has 0 saturated carbocycles. The molecule has 1 aliphatic heterocycles. The Morgan fingerprint density at radius 1 is 1.30 bits per heavy atom. The average molecular weight is 338 g/mol. The molecule has 6 nitrogen and oxygen atoms in total. The minimum atomic E-state index is -3.14. The van der Waals surface area contributed by atoms with E-state index in [1.165, 1.54) is 0 Å². The molecule has 1 aromatic carbocycles. The lowest BCUT2D eigenvalue weighted by Crippen LogP contribution is -2.54. The van der Waals surface area contributed by atoms with Gasteiger partial charge in [0.05, 0.1) is 11.0 Å². The molecular weight excluding hydrogens is 316 g/mol. The Morgan fingerprint density at radius 2 is 2.00 bits per heavy atom. The van der Waals surface area contributed by atoms with E-state index in [0.717, 1.165) is 0 Å². The molecule has 0 aliphatic carbocycles. The zero-order valence-corrected chi connectivity index (χ0v) is 14.4. The summed E-state index contributed by atoms with van der Waals surface area (Å²) in [6, 6.07) is 6.33. The van der Waals surface area contributed by atoms with Crippen LogP contribution in [0.1, 0.15) is 37.6 Å². The fraction of sp³-hybridized carbons (Fsp3) is 0.500. The number of amides is 2. The minimum absolute atomic E-state index is 0.0174. The lowest BCUT2D eigenvalue weighted by atomic mass is 10.1. The van der Waals surface area contributed by atoms with Crippen LogP contribution < -0.4 is 5.32 Å². The van der Waals surface area contributed by atoms with Gasteiger partial charge in [-0.25, -0.2) is 8.42 Å². The number of sulfone groups is 1. The van der Waals surface area contributed by atoms with Crippen molar-refractivity contribution in [3.8, 4) is 0 Å². The number of rotatable bonds is 3. The molecule has 23 heavy (non-hydrogen) atoms. The van der Waals surface area contributed by atoms with Crippen LogP contribution in [0.5, 0.6) is 0 Å². The third-order valence-corrected chi connectivity index (χ3v) is 6.61. The normalized spacial score (nSPS) is 23.3. The molecule has 2 amide bonds. The zero-order chi connectivity index (χ0) is 17.2. The van der Waals surface area contributed by atoms with Gasteiger partial charge in [-0.15, -0.1) is 0 Å². The quantitative estimate of drug-likeness (QED) is 0.909. The van der Waals surface area contributed by atoms with Gasteiger partial charge in [0.15, 0.2) is 9.84 Å². The van der Waals surface area contributed by atoms with Gasteiger partial charge in [0.25, 0.3) is 5.91 Å². The average Bonchev–Trinajstić information content (AvgIpc) is 2.52. The largest absolute Gasteiger partial charge is 0.334 e. The van der Waals surface area contributed by atoms with E-state index in [1.807, 2.05) is 0 Å². The number of nitrogens with one attached hydrogen (secondary N) is 1. The van der Waals surface area contributed by atoms with Crippen LogP contribution in [-0.2, 0) is 14.6 Å². The molecule has 0 radical (unpaired) electrons. The third kappa shape index (κ3) is 3.72. The Morgan fingerprint density at radius 3 is 2.65 bits per heavy atom. The predicted octanol–water partition coefficient (Wildman–Crippen LogP) is 1.68. The van der Waals surface area contributed by atoms with Crippen molar-refractivity contribution in [1.82, 2.24) is 4.90 Å². The van der Waals surface area contributed by atoms with Crippen molar-refractivity contribution < 1.29 is 18.0 Å². The van der Waals surface area contributed by atoms with Crippen molar-refractivity contribution in [3.63, 3.8) is 0 Å². The number of nitrogens with zero attached hydrogens (tertiary/aromatic N) is 1. The fourth-order valence-electron chi connectivity index (χ4n) is 2.60. The van der Waals surface area contributed by atoms with E-state index in [1.54, 1.807) is 49.9 Å². The highest BCUT2D eigenvalue weighted by Gasteiger charge is 2.38. The molecule has 1 aromatic rings. The Labute approximate surface area is 136 Å². The van der Waals surface area contributed by atoms with E-state index in [4.69, 9.17) is 0 Å². The van der Waals surface area contributed by atoms with Gasteiger partial charge in [0.2, 0.25) is 5.91 Å². The number of hydrogen-bond donors (Lipinski definition) is 1. The van der Waals surface area contributed by atoms with Gasteiger partial charge in [-0.05, 0) is 32.0 Å². The van der Waals surface area contributed by atoms with Gasteiger partial charge < -0.3 is 10.2 Å². The van der Waals surface area contributed by atoms with Gasteiger partial charge >= 0.3 is 0 Å². The standard InChI is InChI=1S/C16H22N2O4S/c1-4-15(19)17-14-7-5-6-13(10-14)16(20)18-8-9-23(21,22)12(3)11(18)2/h5-7,10-12H,4,8-9H2,1-3H3,(H,17,19)/t11-,12+/m1/s1. The highest BCUT2D eigenvalue weighted by molar-refractivity contribution is 7.92. The number of anilines is 1. The summed E-state index contributed by atoms with van der Waals surface area (Å²) < 4.78 is 23.8. The molecule has 0 spiro atoms. The summed E-state index contributed by atoms with van der Waals surface area (Å²) in [5.74, 6) is -0.358. The lowest BCUT2D eigenvalue weighted by Gasteiger charge is -2.37. The molecule has 0 aromatic heterocycles.